The molecule has 0 aromatic heterocycles. The molecule has 0 radical (unpaired) electrons. The highest BCUT2D eigenvalue weighted by atomic mass is 32.2. The molecule has 0 saturated carbocycles. The van der Waals surface area contributed by atoms with Crippen LogP contribution >= 0.6 is 0 Å². The van der Waals surface area contributed by atoms with E-state index < -0.39 is 9.84 Å². The number of carbonyl (C=O) groups is 1. The largest absolute Gasteiger partial charge is 0.321 e. The van der Waals surface area contributed by atoms with Gasteiger partial charge in [-0.2, -0.15) is 0 Å². The van der Waals surface area contributed by atoms with E-state index in [1.165, 1.54) is 6.07 Å². The first-order valence-electron chi connectivity index (χ1n) is 6.47. The van der Waals surface area contributed by atoms with E-state index in [1.807, 2.05) is 19.9 Å². The maximum atomic E-state index is 12.3. The van der Waals surface area contributed by atoms with Gasteiger partial charge in [0, 0.05) is 11.8 Å². The lowest BCUT2D eigenvalue weighted by Crippen LogP contribution is -2.14. The summed E-state index contributed by atoms with van der Waals surface area (Å²) in [5.74, 6) is -0.325. The van der Waals surface area contributed by atoms with E-state index in [4.69, 9.17) is 0 Å². The molecule has 1 amide bonds. The fourth-order valence-corrected chi connectivity index (χ4v) is 2.81. The van der Waals surface area contributed by atoms with Gasteiger partial charge in [0.15, 0.2) is 9.84 Å². The van der Waals surface area contributed by atoms with Crippen LogP contribution in [0.4, 0.5) is 5.69 Å². The minimum absolute atomic E-state index is 0.113. The molecule has 0 aliphatic carbocycles. The van der Waals surface area contributed by atoms with E-state index in [-0.39, 0.29) is 10.8 Å². The summed E-state index contributed by atoms with van der Waals surface area (Å²) in [5, 5.41) is 2.66. The van der Waals surface area contributed by atoms with Crippen LogP contribution in [0.25, 0.3) is 0 Å². The van der Waals surface area contributed by atoms with Crippen LogP contribution in [0.5, 0.6) is 0 Å². The lowest BCUT2D eigenvalue weighted by Gasteiger charge is -2.10. The lowest BCUT2D eigenvalue weighted by molar-refractivity contribution is 0.102. The van der Waals surface area contributed by atoms with Crippen molar-refractivity contribution in [1.82, 2.24) is 0 Å². The van der Waals surface area contributed by atoms with Crippen molar-refractivity contribution < 1.29 is 13.2 Å². The van der Waals surface area contributed by atoms with Gasteiger partial charge in [0.1, 0.15) is 0 Å². The number of carbonyl (C=O) groups excluding carboxylic acids is 1. The molecule has 5 heteroatoms. The predicted octanol–water partition coefficient (Wildman–Crippen LogP) is 2.96. The van der Waals surface area contributed by atoms with E-state index in [0.29, 0.717) is 11.3 Å². The zero-order valence-corrected chi connectivity index (χ0v) is 13.0. The highest BCUT2D eigenvalue weighted by molar-refractivity contribution is 7.90. The fraction of sp³-hybridized carbons (Fsp3) is 0.188. The Hall–Kier alpha value is -2.14. The molecule has 0 fully saturated rings. The quantitative estimate of drug-likeness (QED) is 0.948. The van der Waals surface area contributed by atoms with Gasteiger partial charge in [-0.25, -0.2) is 8.42 Å². The van der Waals surface area contributed by atoms with E-state index >= 15 is 0 Å². The fourth-order valence-electron chi connectivity index (χ4n) is 1.97. The van der Waals surface area contributed by atoms with Crippen molar-refractivity contribution in [2.45, 2.75) is 18.7 Å². The number of para-hydroxylation sites is 1. The van der Waals surface area contributed by atoms with Crippen molar-refractivity contribution in [3.05, 3.63) is 59.2 Å². The van der Waals surface area contributed by atoms with Crippen molar-refractivity contribution in [1.29, 1.82) is 0 Å². The number of aryl methyl sites for hydroxylation is 2. The second-order valence-corrected chi connectivity index (χ2v) is 7.01. The SMILES string of the molecule is Cc1ccc(C(=O)Nc2ccccc2S(C)(=O)=O)cc1C. The first kappa shape index (κ1) is 15.3. The van der Waals surface area contributed by atoms with Crippen LogP contribution < -0.4 is 5.32 Å². The maximum absolute atomic E-state index is 12.3. The average Bonchev–Trinajstić information content (AvgIpc) is 2.41. The minimum Gasteiger partial charge on any atom is -0.321 e. The van der Waals surface area contributed by atoms with Crippen molar-refractivity contribution in [2.75, 3.05) is 11.6 Å². The van der Waals surface area contributed by atoms with Crippen molar-refractivity contribution >= 4 is 21.4 Å². The molecule has 0 atom stereocenters. The molecule has 110 valence electrons. The zero-order valence-electron chi connectivity index (χ0n) is 12.2. The number of benzene rings is 2. The van der Waals surface area contributed by atoms with Crippen LogP contribution in [0.15, 0.2) is 47.4 Å². The van der Waals surface area contributed by atoms with Crippen LogP contribution in [-0.2, 0) is 9.84 Å². The summed E-state index contributed by atoms with van der Waals surface area (Å²) in [6.45, 7) is 3.90. The average molecular weight is 303 g/mol. The van der Waals surface area contributed by atoms with E-state index in [2.05, 4.69) is 5.32 Å². The van der Waals surface area contributed by atoms with Gasteiger partial charge in [0.25, 0.3) is 5.91 Å². The lowest BCUT2D eigenvalue weighted by atomic mass is 10.1. The molecular weight excluding hydrogens is 286 g/mol. The van der Waals surface area contributed by atoms with Crippen molar-refractivity contribution in [3.63, 3.8) is 0 Å². The van der Waals surface area contributed by atoms with Crippen LogP contribution in [-0.4, -0.2) is 20.6 Å². The molecule has 0 aliphatic heterocycles. The molecule has 2 aromatic rings. The highest BCUT2D eigenvalue weighted by Crippen LogP contribution is 2.21. The van der Waals surface area contributed by atoms with Gasteiger partial charge in [-0.3, -0.25) is 4.79 Å². The molecule has 1 N–H and O–H groups in total. The number of nitrogens with one attached hydrogen (secondary N) is 1. The summed E-state index contributed by atoms with van der Waals surface area (Å²) in [7, 11) is -3.39. The van der Waals surface area contributed by atoms with Crippen LogP contribution in [0.3, 0.4) is 0 Å². The molecular formula is C16H17NO3S. The van der Waals surface area contributed by atoms with Gasteiger partial charge in [-0.1, -0.05) is 18.2 Å². The third-order valence-electron chi connectivity index (χ3n) is 3.30. The van der Waals surface area contributed by atoms with Gasteiger partial charge in [0.2, 0.25) is 0 Å². The molecule has 0 saturated heterocycles. The van der Waals surface area contributed by atoms with Crippen LogP contribution in [0.2, 0.25) is 0 Å². The number of rotatable bonds is 3. The maximum Gasteiger partial charge on any atom is 0.255 e. The Bertz CT molecular complexity index is 795. The van der Waals surface area contributed by atoms with Crippen molar-refractivity contribution in [2.24, 2.45) is 0 Å². The van der Waals surface area contributed by atoms with Crippen molar-refractivity contribution in [3.8, 4) is 0 Å². The summed E-state index contributed by atoms with van der Waals surface area (Å²) >= 11 is 0. The number of amides is 1. The van der Waals surface area contributed by atoms with E-state index in [0.717, 1.165) is 17.4 Å². The van der Waals surface area contributed by atoms with Crippen LogP contribution in [0, 0.1) is 13.8 Å². The molecule has 0 heterocycles. The second kappa shape index (κ2) is 5.69. The number of sulfone groups is 1. The van der Waals surface area contributed by atoms with E-state index in [1.54, 1.807) is 30.3 Å². The summed E-state index contributed by atoms with van der Waals surface area (Å²) in [6, 6.07) is 11.7. The summed E-state index contributed by atoms with van der Waals surface area (Å²) in [5.41, 5.74) is 2.91. The predicted molar refractivity (Wildman–Crippen MR) is 83.4 cm³/mol. The van der Waals surface area contributed by atoms with E-state index in [9.17, 15) is 13.2 Å². The molecule has 0 aliphatic rings. The Morgan fingerprint density at radius 1 is 1.00 bits per heavy atom. The normalized spacial score (nSPS) is 11.2. The highest BCUT2D eigenvalue weighted by Gasteiger charge is 2.15. The Kier molecular flexibility index (Phi) is 4.14. The number of hydrogen-bond acceptors (Lipinski definition) is 3. The Morgan fingerprint density at radius 3 is 2.29 bits per heavy atom. The van der Waals surface area contributed by atoms with Gasteiger partial charge >= 0.3 is 0 Å². The summed E-state index contributed by atoms with van der Waals surface area (Å²) in [6.07, 6.45) is 1.12. The van der Waals surface area contributed by atoms with Gasteiger partial charge < -0.3 is 5.32 Å². The monoisotopic (exact) mass is 303 g/mol. The topological polar surface area (TPSA) is 63.2 Å². The molecule has 2 aromatic carbocycles. The molecule has 0 unspecified atom stereocenters. The molecule has 0 spiro atoms. The molecule has 2 rings (SSSR count). The Labute approximate surface area is 124 Å². The number of anilines is 1. The minimum atomic E-state index is -3.39. The standard InChI is InChI=1S/C16H17NO3S/c1-11-8-9-13(10-12(11)2)16(18)17-14-6-4-5-7-15(14)21(3,19)20/h4-10H,1-3H3,(H,17,18). The Morgan fingerprint density at radius 2 is 1.67 bits per heavy atom. The summed E-state index contributed by atoms with van der Waals surface area (Å²) < 4.78 is 23.4. The third-order valence-corrected chi connectivity index (χ3v) is 4.46. The Balaban J connectivity index is 2.34. The summed E-state index contributed by atoms with van der Waals surface area (Å²) in [4.78, 5) is 12.4. The first-order chi connectivity index (χ1) is 9.79. The second-order valence-electron chi connectivity index (χ2n) is 5.02. The zero-order chi connectivity index (χ0) is 15.6. The smallest absolute Gasteiger partial charge is 0.255 e. The van der Waals surface area contributed by atoms with Gasteiger partial charge in [0.05, 0.1) is 10.6 Å². The first-order valence-corrected chi connectivity index (χ1v) is 8.36. The molecule has 0 bridgehead atoms. The van der Waals surface area contributed by atoms with Gasteiger partial charge in [-0.05, 0) is 49.2 Å². The van der Waals surface area contributed by atoms with Gasteiger partial charge in [-0.15, -0.1) is 0 Å². The molecule has 21 heavy (non-hydrogen) atoms. The number of hydrogen-bond donors (Lipinski definition) is 1. The third kappa shape index (κ3) is 3.49. The molecule has 4 nitrogen and oxygen atoms in total. The van der Waals surface area contributed by atoms with Crippen LogP contribution in [0.1, 0.15) is 21.5 Å².